The molecule has 2 saturated carbocycles. The fourth-order valence-corrected chi connectivity index (χ4v) is 17.4. The SMILES string of the molecule is CCN[C@H]1CO[C@@H](O[C@H]2[C@H](O[C@H]3C#C/C=C(/C)C#CC45C(CC(C)=O)C(=O)C[C@]4(O)/C(=C/CSSC(C)(C)CC(=O)N(C)C)C35)O[C@H](C)[C@@H](NO[C@H]3C[C@H](O)[C@H](SC(=O)c4c(C)c(I)c(O[C@@H]5O[C@@H](C)[C@H](O)[C@@H](OC)[C@H]5O)c(OC)c4OC)[C@@H](C)O3)[C@@H]2O)C[C@@H]1OC. The number of nitrogens with zero attached hydrogens (tertiary/aromatic N) is 1. The number of aliphatic hydroxyl groups is 5. The Labute approximate surface area is 564 Å². The third kappa shape index (κ3) is 15.6. The number of allylic oxidation sites excluding steroid dienone is 2. The van der Waals surface area contributed by atoms with Crippen molar-refractivity contribution >= 4 is 78.5 Å². The maximum Gasteiger partial charge on any atom is 0.229 e. The number of amides is 1. The van der Waals surface area contributed by atoms with Crippen molar-refractivity contribution in [3.05, 3.63) is 38.0 Å². The van der Waals surface area contributed by atoms with Gasteiger partial charge in [0.1, 0.15) is 53.8 Å². The Morgan fingerprint density at radius 2 is 1.61 bits per heavy atom. The van der Waals surface area contributed by atoms with Gasteiger partial charge in [-0.1, -0.05) is 70.0 Å². The van der Waals surface area contributed by atoms with Crippen LogP contribution in [0.1, 0.15) is 103 Å². The lowest BCUT2D eigenvalue weighted by atomic mass is 9.44. The minimum absolute atomic E-state index is 0.0231. The van der Waals surface area contributed by atoms with E-state index < -0.39 is 130 Å². The number of rotatable bonds is 25. The summed E-state index contributed by atoms with van der Waals surface area (Å²) < 4.78 is 68.0. The van der Waals surface area contributed by atoms with Crippen molar-refractivity contribution in [1.82, 2.24) is 15.7 Å². The van der Waals surface area contributed by atoms with Crippen molar-refractivity contribution in [2.45, 2.75) is 214 Å². The van der Waals surface area contributed by atoms with Crippen LogP contribution in [0.15, 0.2) is 23.3 Å². The second-order valence-corrected chi connectivity index (χ2v) is 30.4. The fourth-order valence-electron chi connectivity index (χ4n) is 13.3. The van der Waals surface area contributed by atoms with Crippen LogP contribution >= 0.6 is 55.9 Å². The van der Waals surface area contributed by atoms with Gasteiger partial charge in [-0.25, -0.2) is 0 Å². The van der Waals surface area contributed by atoms with Gasteiger partial charge in [0, 0.05) is 88.3 Å². The largest absolute Gasteiger partial charge is 0.492 e. The molecule has 7 N–H and O–H groups in total. The number of benzene rings is 1. The summed E-state index contributed by atoms with van der Waals surface area (Å²) >= 11 is 2.84. The highest BCUT2D eigenvalue weighted by Crippen LogP contribution is 2.70. The lowest BCUT2D eigenvalue weighted by molar-refractivity contribution is -0.342. The molecule has 1 amide bonds. The van der Waals surface area contributed by atoms with Gasteiger partial charge in [0.25, 0.3) is 0 Å². The minimum atomic E-state index is -1.81. The summed E-state index contributed by atoms with van der Waals surface area (Å²) in [6.07, 6.45) is -13.0. The first-order chi connectivity index (χ1) is 43.5. The molecule has 1 aromatic carbocycles. The van der Waals surface area contributed by atoms with Crippen LogP contribution in [-0.2, 0) is 57.1 Å². The second kappa shape index (κ2) is 31.6. The summed E-state index contributed by atoms with van der Waals surface area (Å²) in [7, 11) is 12.1. The maximum absolute atomic E-state index is 14.5. The second-order valence-electron chi connectivity index (χ2n) is 25.1. The first-order valence-electron chi connectivity index (χ1n) is 30.8. The first-order valence-corrected chi connectivity index (χ1v) is 35.1. The number of hydrogen-bond acceptors (Lipinski definition) is 26. The quantitative estimate of drug-likeness (QED) is 0.0180. The third-order valence-corrected chi connectivity index (χ3v) is 23.9. The number of carbonyl (C=O) groups is 4. The number of Topliss-reactive ketones (excluding diaryl/α,β-unsaturated/α-hetero) is 2. The normalized spacial score (nSPS) is 37.9. The molecule has 1 aromatic rings. The van der Waals surface area contributed by atoms with Crippen LogP contribution in [0.5, 0.6) is 17.2 Å². The Hall–Kier alpha value is -3.16. The zero-order valence-corrected chi connectivity index (χ0v) is 59.3. The molecule has 3 unspecified atom stereocenters. The Morgan fingerprint density at radius 3 is 2.25 bits per heavy atom. The van der Waals surface area contributed by atoms with Crippen molar-refractivity contribution < 1.29 is 102 Å². The summed E-state index contributed by atoms with van der Waals surface area (Å²) in [6.45, 7) is 16.6. The van der Waals surface area contributed by atoms with Crippen LogP contribution in [0.4, 0.5) is 0 Å². The van der Waals surface area contributed by atoms with E-state index in [0.29, 0.717) is 32.6 Å². The molecule has 0 aromatic heterocycles. The average Bonchev–Trinajstić information content (AvgIpc) is 1.43. The molecule has 6 fully saturated rings. The smallest absolute Gasteiger partial charge is 0.229 e. The number of halogens is 1. The van der Waals surface area contributed by atoms with E-state index in [0.717, 1.165) is 11.8 Å². The van der Waals surface area contributed by atoms with Gasteiger partial charge in [-0.15, -0.1) is 0 Å². The summed E-state index contributed by atoms with van der Waals surface area (Å²) in [5, 5.41) is 61.3. The lowest BCUT2D eigenvalue weighted by Gasteiger charge is -2.60. The summed E-state index contributed by atoms with van der Waals surface area (Å²) in [6, 6.07) is -1.23. The molecule has 1 spiro atoms. The molecule has 22 atom stereocenters. The standard InChI is InChI=1S/C64H90IN3O21S3/c1-16-66-38-29-82-44(26-42(38)78-12)87-56-51(74)49(67-89-45-25-39(70)58(35(7)83-45)91-59(76)46-32(4)48(65)54(57(81-15)53(46)79-13)88-60-52(75)55(80-14)50(73)34(6)85-60)33(5)84-61(56)86-41-19-17-18-30(2)20-22-63-37(24-31(3)69)40(71)27-64(63,77)36(47(41)63)21-23-90-92-62(8,9)28-43(72)68(10)11/h18,21,33-35,37-39,41-42,44-45,47,49-52,55-56,58,60-61,66-67,70,73-75,77H,16,23-29H2,1-15H3/b30-18-,36-21+/t33-,34+,35-,37?,38+,39+,41+,42+,44+,45+,47?,49-,50+,51+,52-,55-,56-,58-,60+,61+,63?,64+/m1/s1. The van der Waals surface area contributed by atoms with Gasteiger partial charge in [0.2, 0.25) is 23.1 Å². The number of ether oxygens (including phenoxy) is 11. The Balaban J connectivity index is 1.03. The number of carbonyl (C=O) groups excluding carboxylic acids is 4. The van der Waals surface area contributed by atoms with Gasteiger partial charge < -0.3 is 92.6 Å². The average molecular weight is 1460 g/mol. The van der Waals surface area contributed by atoms with Crippen LogP contribution < -0.4 is 25.0 Å². The highest BCUT2D eigenvalue weighted by molar-refractivity contribution is 14.1. The summed E-state index contributed by atoms with van der Waals surface area (Å²) in [5.41, 5.74) is 1.18. The van der Waals surface area contributed by atoms with E-state index in [-0.39, 0.29) is 91.1 Å². The number of ketones is 2. The molecule has 92 heavy (non-hydrogen) atoms. The number of thioether (sulfide) groups is 1. The minimum Gasteiger partial charge on any atom is -0.492 e. The highest BCUT2D eigenvalue weighted by atomic mass is 127. The van der Waals surface area contributed by atoms with Crippen molar-refractivity contribution in [2.24, 2.45) is 17.3 Å². The zero-order valence-electron chi connectivity index (χ0n) is 54.7. The van der Waals surface area contributed by atoms with E-state index in [4.69, 9.17) is 56.9 Å². The van der Waals surface area contributed by atoms with E-state index in [1.165, 1.54) is 49.8 Å². The molecule has 24 nitrogen and oxygen atoms in total. The van der Waals surface area contributed by atoms with E-state index in [1.807, 2.05) is 49.4 Å². The topological polar surface area (TPSA) is 307 Å². The van der Waals surface area contributed by atoms with Gasteiger partial charge in [0.05, 0.1) is 83.2 Å². The van der Waals surface area contributed by atoms with E-state index in [1.54, 1.807) is 66.8 Å². The van der Waals surface area contributed by atoms with Crippen molar-refractivity contribution in [2.75, 3.05) is 61.4 Å². The van der Waals surface area contributed by atoms with E-state index in [9.17, 15) is 44.7 Å². The van der Waals surface area contributed by atoms with Crippen LogP contribution in [0.2, 0.25) is 0 Å². The van der Waals surface area contributed by atoms with Gasteiger partial charge in [-0.3, -0.25) is 19.2 Å². The van der Waals surface area contributed by atoms with Crippen molar-refractivity contribution in [1.29, 1.82) is 0 Å². The predicted molar refractivity (Wildman–Crippen MR) is 350 cm³/mol. The molecule has 3 aliphatic carbocycles. The van der Waals surface area contributed by atoms with Gasteiger partial charge in [-0.05, 0) is 102 Å². The van der Waals surface area contributed by atoms with Gasteiger partial charge >= 0.3 is 0 Å². The monoisotopic (exact) mass is 1460 g/mol. The fraction of sp³-hybridized carbons (Fsp3) is 0.719. The first kappa shape index (κ1) is 74.6. The third-order valence-electron chi connectivity index (χ3n) is 18.0. The molecule has 7 aliphatic rings. The van der Waals surface area contributed by atoms with Crippen LogP contribution in [0.3, 0.4) is 0 Å². The number of aliphatic hydroxyl groups excluding tert-OH is 4. The molecule has 0 radical (unpaired) electrons. The number of hydroxylamine groups is 1. The van der Waals surface area contributed by atoms with Gasteiger partial charge in [-0.2, -0.15) is 5.48 Å². The summed E-state index contributed by atoms with van der Waals surface area (Å²) in [5.74, 6) is 10.8. The Bertz CT molecular complexity index is 3030. The van der Waals surface area contributed by atoms with E-state index >= 15 is 0 Å². The van der Waals surface area contributed by atoms with E-state index in [2.05, 4.69) is 34.5 Å². The molecule has 4 saturated heterocycles. The number of hydrogen-bond donors (Lipinski definition) is 7. The van der Waals surface area contributed by atoms with Gasteiger partial charge in [0.15, 0.2) is 30.4 Å². The Morgan fingerprint density at radius 1 is 0.902 bits per heavy atom. The number of likely N-dealkylation sites (N-methyl/N-ethyl adjacent to an activating group) is 1. The number of methoxy groups -OCH3 is 4. The summed E-state index contributed by atoms with van der Waals surface area (Å²) in [4.78, 5) is 62.4. The molecular weight excluding hydrogens is 1370 g/mol. The molecule has 4 heterocycles. The molecule has 28 heteroatoms. The molecule has 512 valence electrons. The lowest BCUT2D eigenvalue weighted by Crippen LogP contribution is -2.69. The molecule has 8 rings (SSSR count). The van der Waals surface area contributed by atoms with Crippen LogP contribution in [0.25, 0.3) is 0 Å². The Kier molecular flexibility index (Phi) is 25.6. The van der Waals surface area contributed by atoms with Crippen molar-refractivity contribution in [3.8, 4) is 40.9 Å². The maximum atomic E-state index is 14.5. The van der Waals surface area contributed by atoms with Crippen LogP contribution in [-0.4, -0.2) is 234 Å². The number of nitrogens with one attached hydrogen (secondary N) is 2. The molecular formula is C64H90IN3O21S3. The molecule has 4 aliphatic heterocycles. The highest BCUT2D eigenvalue weighted by Gasteiger charge is 2.78. The van der Waals surface area contributed by atoms with Crippen LogP contribution in [0, 0.1) is 51.4 Å². The molecule has 0 bridgehead atoms. The zero-order chi connectivity index (χ0) is 67.5. The predicted octanol–water partition coefficient (Wildman–Crippen LogP) is 4.17. The van der Waals surface area contributed by atoms with Crippen molar-refractivity contribution in [3.63, 3.8) is 0 Å².